The molecule has 1 amide bonds. The van der Waals surface area contributed by atoms with Gasteiger partial charge in [-0.25, -0.2) is 0 Å². The van der Waals surface area contributed by atoms with Crippen LogP contribution in [-0.2, 0) is 14.3 Å². The Hall–Kier alpha value is -0.650. The minimum absolute atomic E-state index is 0.00344. The van der Waals surface area contributed by atoms with Gasteiger partial charge in [-0.2, -0.15) is 0 Å². The number of rotatable bonds is 5. The molecule has 5 nitrogen and oxygen atoms in total. The van der Waals surface area contributed by atoms with E-state index in [1.165, 1.54) is 12.8 Å². The van der Waals surface area contributed by atoms with Gasteiger partial charge in [-0.15, -0.1) is 0 Å². The van der Waals surface area contributed by atoms with Crippen LogP contribution in [0.25, 0.3) is 0 Å². The van der Waals surface area contributed by atoms with Gasteiger partial charge in [0.05, 0.1) is 18.8 Å². The topological polar surface area (TPSA) is 59.6 Å². The van der Waals surface area contributed by atoms with Crippen molar-refractivity contribution in [3.63, 3.8) is 0 Å². The summed E-state index contributed by atoms with van der Waals surface area (Å²) in [7, 11) is 0. The van der Waals surface area contributed by atoms with Crippen LogP contribution in [0, 0.1) is 0 Å². The summed E-state index contributed by atoms with van der Waals surface area (Å²) in [4.78, 5) is 11.9. The van der Waals surface area contributed by atoms with Gasteiger partial charge in [0.2, 0.25) is 5.91 Å². The summed E-state index contributed by atoms with van der Waals surface area (Å²) in [6.07, 6.45) is 4.51. The summed E-state index contributed by atoms with van der Waals surface area (Å²) >= 11 is 0. The number of hydrogen-bond acceptors (Lipinski definition) is 4. The smallest absolute Gasteiger partial charge is 0.249 e. The number of carbonyl (C=O) groups is 1. The van der Waals surface area contributed by atoms with E-state index >= 15 is 0 Å². The molecule has 1 aliphatic heterocycles. The first kappa shape index (κ1) is 14.8. The molecular formula is C14H26N2O3. The Bertz CT molecular complexity index is 292. The Kier molecular flexibility index (Phi) is 5.60. The zero-order valence-corrected chi connectivity index (χ0v) is 12.0. The summed E-state index contributed by atoms with van der Waals surface area (Å²) < 4.78 is 11.4. The first-order valence-corrected chi connectivity index (χ1v) is 7.43. The third-order valence-corrected chi connectivity index (χ3v) is 3.83. The van der Waals surface area contributed by atoms with Gasteiger partial charge in [0.25, 0.3) is 0 Å². The van der Waals surface area contributed by atoms with E-state index in [1.54, 1.807) is 0 Å². The normalized spacial score (nSPS) is 30.2. The molecule has 0 aromatic heterocycles. The maximum absolute atomic E-state index is 11.9. The van der Waals surface area contributed by atoms with Crippen molar-refractivity contribution in [1.29, 1.82) is 0 Å². The highest BCUT2D eigenvalue weighted by atomic mass is 16.5. The first-order valence-electron chi connectivity index (χ1n) is 7.43. The van der Waals surface area contributed by atoms with Crippen molar-refractivity contribution in [3.8, 4) is 0 Å². The van der Waals surface area contributed by atoms with Crippen LogP contribution in [-0.4, -0.2) is 50.0 Å². The maximum atomic E-state index is 11.9. The van der Waals surface area contributed by atoms with Crippen LogP contribution in [0.3, 0.4) is 0 Å². The quantitative estimate of drug-likeness (QED) is 0.777. The van der Waals surface area contributed by atoms with Crippen molar-refractivity contribution in [2.45, 2.75) is 63.9 Å². The van der Waals surface area contributed by atoms with E-state index in [4.69, 9.17) is 9.47 Å². The van der Waals surface area contributed by atoms with Crippen molar-refractivity contribution in [1.82, 2.24) is 10.6 Å². The fourth-order valence-electron chi connectivity index (χ4n) is 2.69. The number of hydrogen-bond donors (Lipinski definition) is 2. The molecule has 3 unspecified atom stereocenters. The average molecular weight is 270 g/mol. The van der Waals surface area contributed by atoms with Crippen LogP contribution in [0.4, 0.5) is 0 Å². The minimum Gasteiger partial charge on any atom is -0.370 e. The van der Waals surface area contributed by atoms with Gasteiger partial charge in [-0.3, -0.25) is 4.79 Å². The average Bonchev–Trinajstić information content (AvgIpc) is 2.89. The standard InChI is InChI=1S/C14H26N2O3/c1-10-7-15-8-13(19-10)9-18-11(2)14(17)16-12-5-3-4-6-12/h10-13,15H,3-9H2,1-2H3,(H,16,17). The molecule has 0 aromatic carbocycles. The molecule has 1 aliphatic carbocycles. The molecule has 19 heavy (non-hydrogen) atoms. The van der Waals surface area contributed by atoms with Gasteiger partial charge in [0.15, 0.2) is 0 Å². The van der Waals surface area contributed by atoms with E-state index in [9.17, 15) is 4.79 Å². The second kappa shape index (κ2) is 7.22. The van der Waals surface area contributed by atoms with E-state index in [2.05, 4.69) is 10.6 Å². The van der Waals surface area contributed by atoms with Crippen molar-refractivity contribution in [3.05, 3.63) is 0 Å². The minimum atomic E-state index is -0.401. The Morgan fingerprint density at radius 1 is 1.42 bits per heavy atom. The fourth-order valence-corrected chi connectivity index (χ4v) is 2.69. The van der Waals surface area contributed by atoms with Crippen LogP contribution in [0.5, 0.6) is 0 Å². The van der Waals surface area contributed by atoms with Crippen molar-refractivity contribution >= 4 is 5.91 Å². The lowest BCUT2D eigenvalue weighted by atomic mass is 10.2. The summed E-state index contributed by atoms with van der Waals surface area (Å²) in [5.41, 5.74) is 0. The molecule has 110 valence electrons. The van der Waals surface area contributed by atoms with Crippen LogP contribution >= 0.6 is 0 Å². The van der Waals surface area contributed by atoms with Gasteiger partial charge >= 0.3 is 0 Å². The van der Waals surface area contributed by atoms with Crippen molar-refractivity contribution in [2.75, 3.05) is 19.7 Å². The van der Waals surface area contributed by atoms with Crippen LogP contribution in [0.1, 0.15) is 39.5 Å². The predicted octanol–water partition coefficient (Wildman–Crippen LogP) is 0.827. The number of nitrogens with one attached hydrogen (secondary N) is 2. The molecule has 2 N–H and O–H groups in total. The number of amides is 1. The molecule has 1 saturated carbocycles. The van der Waals surface area contributed by atoms with E-state index < -0.39 is 6.10 Å². The highest BCUT2D eigenvalue weighted by Gasteiger charge is 2.23. The lowest BCUT2D eigenvalue weighted by molar-refractivity contribution is -0.137. The maximum Gasteiger partial charge on any atom is 0.249 e. The Balaban J connectivity index is 1.65. The number of ether oxygens (including phenoxy) is 2. The monoisotopic (exact) mass is 270 g/mol. The van der Waals surface area contributed by atoms with Crippen molar-refractivity contribution in [2.24, 2.45) is 0 Å². The molecule has 0 aromatic rings. The first-order chi connectivity index (χ1) is 9.15. The SMILES string of the molecule is CC1CNCC(COC(C)C(=O)NC2CCCC2)O1. The zero-order valence-electron chi connectivity index (χ0n) is 12.0. The third kappa shape index (κ3) is 4.75. The summed E-state index contributed by atoms with van der Waals surface area (Å²) in [6.45, 7) is 5.99. The summed E-state index contributed by atoms with van der Waals surface area (Å²) in [5, 5.41) is 6.35. The Morgan fingerprint density at radius 3 is 2.84 bits per heavy atom. The second-order valence-corrected chi connectivity index (χ2v) is 5.69. The lowest BCUT2D eigenvalue weighted by Gasteiger charge is -2.29. The van der Waals surface area contributed by atoms with Crippen LogP contribution < -0.4 is 10.6 Å². The molecule has 0 radical (unpaired) electrons. The Labute approximate surface area is 115 Å². The van der Waals surface area contributed by atoms with E-state index in [0.717, 1.165) is 25.9 Å². The van der Waals surface area contributed by atoms with Crippen LogP contribution in [0.2, 0.25) is 0 Å². The number of carbonyl (C=O) groups excluding carboxylic acids is 1. The molecule has 2 aliphatic rings. The Morgan fingerprint density at radius 2 is 2.16 bits per heavy atom. The van der Waals surface area contributed by atoms with E-state index in [0.29, 0.717) is 12.6 Å². The van der Waals surface area contributed by atoms with E-state index in [1.807, 2.05) is 13.8 Å². The van der Waals surface area contributed by atoms with E-state index in [-0.39, 0.29) is 18.1 Å². The van der Waals surface area contributed by atoms with Gasteiger partial charge in [0.1, 0.15) is 6.10 Å². The molecule has 2 rings (SSSR count). The molecule has 1 saturated heterocycles. The van der Waals surface area contributed by atoms with Gasteiger partial charge < -0.3 is 20.1 Å². The van der Waals surface area contributed by atoms with Gasteiger partial charge in [0, 0.05) is 19.1 Å². The molecule has 5 heteroatoms. The zero-order chi connectivity index (χ0) is 13.7. The highest BCUT2D eigenvalue weighted by molar-refractivity contribution is 5.80. The third-order valence-electron chi connectivity index (χ3n) is 3.83. The molecule has 0 spiro atoms. The summed E-state index contributed by atoms with van der Waals surface area (Å²) in [6, 6.07) is 0.353. The number of morpholine rings is 1. The molecule has 1 heterocycles. The highest BCUT2D eigenvalue weighted by Crippen LogP contribution is 2.17. The predicted molar refractivity (Wildman–Crippen MR) is 73.0 cm³/mol. The van der Waals surface area contributed by atoms with Crippen LogP contribution in [0.15, 0.2) is 0 Å². The molecule has 2 fully saturated rings. The lowest BCUT2D eigenvalue weighted by Crippen LogP contribution is -2.47. The largest absolute Gasteiger partial charge is 0.370 e. The van der Waals surface area contributed by atoms with Gasteiger partial charge in [-0.1, -0.05) is 12.8 Å². The fraction of sp³-hybridized carbons (Fsp3) is 0.929. The molecule has 0 bridgehead atoms. The second-order valence-electron chi connectivity index (χ2n) is 5.69. The summed E-state index contributed by atoms with van der Waals surface area (Å²) in [5.74, 6) is 0.00344. The van der Waals surface area contributed by atoms with Gasteiger partial charge in [-0.05, 0) is 26.7 Å². The molecular weight excluding hydrogens is 244 g/mol. The van der Waals surface area contributed by atoms with Crippen molar-refractivity contribution < 1.29 is 14.3 Å². The molecule has 3 atom stereocenters.